The number of unbranched alkanes of at least 4 members (excludes halogenated alkanes) is 1. The third kappa shape index (κ3) is 2.89. The number of fused-ring (bicyclic) bond motifs is 1. The van der Waals surface area contributed by atoms with Crippen LogP contribution >= 0.6 is 0 Å². The first kappa shape index (κ1) is 13.6. The molecule has 108 valence electrons. The Balaban J connectivity index is 2.00. The maximum atomic E-state index is 13.6. The predicted molar refractivity (Wildman–Crippen MR) is 81.9 cm³/mol. The lowest BCUT2D eigenvalue weighted by molar-refractivity contribution is 0.310. The second kappa shape index (κ2) is 5.95. The molecule has 3 nitrogen and oxygen atoms in total. The number of nitrogens with zero attached hydrogens (tertiary/aromatic N) is 1. The van der Waals surface area contributed by atoms with Gasteiger partial charge in [-0.3, -0.25) is 0 Å². The van der Waals surface area contributed by atoms with Gasteiger partial charge in [0.1, 0.15) is 17.4 Å². The monoisotopic (exact) mass is 284 g/mol. The van der Waals surface area contributed by atoms with E-state index in [0.717, 1.165) is 23.9 Å². The summed E-state index contributed by atoms with van der Waals surface area (Å²) in [6, 6.07) is 12.3. The van der Waals surface area contributed by atoms with Gasteiger partial charge < -0.3 is 9.72 Å². The smallest absolute Gasteiger partial charge is 0.142 e. The Morgan fingerprint density at radius 1 is 1.19 bits per heavy atom. The molecule has 0 amide bonds. The number of ether oxygens (including phenoxy) is 1. The number of hydrogen-bond acceptors (Lipinski definition) is 2. The van der Waals surface area contributed by atoms with Crippen LogP contribution in [0.2, 0.25) is 0 Å². The van der Waals surface area contributed by atoms with Gasteiger partial charge in [-0.25, -0.2) is 9.37 Å². The highest BCUT2D eigenvalue weighted by atomic mass is 19.1. The van der Waals surface area contributed by atoms with Crippen molar-refractivity contribution in [3.05, 3.63) is 48.3 Å². The van der Waals surface area contributed by atoms with Gasteiger partial charge in [-0.1, -0.05) is 25.5 Å². The highest BCUT2D eigenvalue weighted by Gasteiger charge is 2.12. The molecule has 0 saturated carbocycles. The zero-order valence-electron chi connectivity index (χ0n) is 11.9. The van der Waals surface area contributed by atoms with Crippen molar-refractivity contribution >= 4 is 11.0 Å². The molecule has 0 spiro atoms. The molecule has 3 aromatic rings. The number of benzene rings is 2. The van der Waals surface area contributed by atoms with Crippen molar-refractivity contribution in [2.24, 2.45) is 0 Å². The van der Waals surface area contributed by atoms with Gasteiger partial charge in [0, 0.05) is 0 Å². The number of hydrogen-bond donors (Lipinski definition) is 1. The highest BCUT2D eigenvalue weighted by molar-refractivity contribution is 5.80. The van der Waals surface area contributed by atoms with Gasteiger partial charge in [0.2, 0.25) is 0 Å². The summed E-state index contributed by atoms with van der Waals surface area (Å²) in [6.45, 7) is 2.73. The minimum Gasteiger partial charge on any atom is -0.493 e. The molecule has 1 N–H and O–H groups in total. The molecule has 0 fully saturated rings. The number of para-hydroxylation sites is 2. The first-order valence-electron chi connectivity index (χ1n) is 7.15. The van der Waals surface area contributed by atoms with Crippen LogP contribution in [0.1, 0.15) is 19.8 Å². The van der Waals surface area contributed by atoms with Gasteiger partial charge >= 0.3 is 0 Å². The Kier molecular flexibility index (Phi) is 3.86. The van der Waals surface area contributed by atoms with E-state index in [1.165, 1.54) is 12.1 Å². The number of halogens is 1. The van der Waals surface area contributed by atoms with Crippen molar-refractivity contribution in [3.63, 3.8) is 0 Å². The second-order valence-corrected chi connectivity index (χ2v) is 4.95. The summed E-state index contributed by atoms with van der Waals surface area (Å²) < 4.78 is 19.3. The van der Waals surface area contributed by atoms with Crippen LogP contribution < -0.4 is 4.74 Å². The molecule has 0 saturated heterocycles. The zero-order chi connectivity index (χ0) is 14.7. The van der Waals surface area contributed by atoms with E-state index in [9.17, 15) is 4.39 Å². The van der Waals surface area contributed by atoms with E-state index in [4.69, 9.17) is 4.74 Å². The summed E-state index contributed by atoms with van der Waals surface area (Å²) in [7, 11) is 0. The Labute approximate surface area is 122 Å². The molecule has 0 aliphatic rings. The number of aromatic amines is 1. The maximum absolute atomic E-state index is 13.6. The third-order valence-electron chi connectivity index (χ3n) is 3.34. The average molecular weight is 284 g/mol. The van der Waals surface area contributed by atoms with Crippen molar-refractivity contribution in [1.82, 2.24) is 9.97 Å². The summed E-state index contributed by atoms with van der Waals surface area (Å²) in [5.41, 5.74) is 2.44. The van der Waals surface area contributed by atoms with E-state index in [0.29, 0.717) is 23.7 Å². The Bertz CT molecular complexity index is 718. The van der Waals surface area contributed by atoms with Crippen LogP contribution in [0.5, 0.6) is 5.75 Å². The largest absolute Gasteiger partial charge is 0.493 e. The summed E-state index contributed by atoms with van der Waals surface area (Å²) in [6.07, 6.45) is 2.03. The number of H-pyrrole nitrogens is 1. The second-order valence-electron chi connectivity index (χ2n) is 4.95. The van der Waals surface area contributed by atoms with Crippen LogP contribution in [0.25, 0.3) is 22.4 Å². The SMILES string of the molecule is CCCCOc1ccc(F)cc1-c1nc2ccccc2[nH]1. The van der Waals surface area contributed by atoms with Gasteiger partial charge in [0.05, 0.1) is 23.2 Å². The van der Waals surface area contributed by atoms with Crippen LogP contribution in [0.15, 0.2) is 42.5 Å². The molecule has 0 unspecified atom stereocenters. The normalized spacial score (nSPS) is 11.0. The minimum atomic E-state index is -0.298. The van der Waals surface area contributed by atoms with E-state index in [2.05, 4.69) is 16.9 Å². The predicted octanol–water partition coefficient (Wildman–Crippen LogP) is 4.55. The van der Waals surface area contributed by atoms with Gasteiger partial charge in [-0.15, -0.1) is 0 Å². The van der Waals surface area contributed by atoms with Crippen molar-refractivity contribution < 1.29 is 9.13 Å². The zero-order valence-corrected chi connectivity index (χ0v) is 11.9. The van der Waals surface area contributed by atoms with Crippen molar-refractivity contribution in [2.45, 2.75) is 19.8 Å². The summed E-state index contributed by atoms with van der Waals surface area (Å²) in [5.74, 6) is 0.986. The molecule has 3 rings (SSSR count). The fraction of sp³-hybridized carbons (Fsp3) is 0.235. The topological polar surface area (TPSA) is 37.9 Å². The molecule has 0 bridgehead atoms. The van der Waals surface area contributed by atoms with Gasteiger partial charge in [0.15, 0.2) is 0 Å². The summed E-state index contributed by atoms with van der Waals surface area (Å²) in [5, 5.41) is 0. The number of aromatic nitrogens is 2. The number of rotatable bonds is 5. The summed E-state index contributed by atoms with van der Waals surface area (Å²) >= 11 is 0. The molecule has 0 aliphatic carbocycles. The van der Waals surface area contributed by atoms with Crippen LogP contribution in [-0.4, -0.2) is 16.6 Å². The van der Waals surface area contributed by atoms with E-state index >= 15 is 0 Å². The first-order valence-corrected chi connectivity index (χ1v) is 7.15. The summed E-state index contributed by atoms with van der Waals surface area (Å²) in [4.78, 5) is 7.72. The third-order valence-corrected chi connectivity index (χ3v) is 3.34. The lowest BCUT2D eigenvalue weighted by Crippen LogP contribution is -1.99. The minimum absolute atomic E-state index is 0.298. The van der Waals surface area contributed by atoms with Crippen LogP contribution in [0.4, 0.5) is 4.39 Å². The standard InChI is InChI=1S/C17H17FN2O/c1-2-3-10-21-16-9-8-12(18)11-13(16)17-19-14-6-4-5-7-15(14)20-17/h4-9,11H,2-3,10H2,1H3,(H,19,20). The fourth-order valence-electron chi connectivity index (χ4n) is 2.22. The van der Waals surface area contributed by atoms with Crippen molar-refractivity contribution in [2.75, 3.05) is 6.61 Å². The Morgan fingerprint density at radius 2 is 2.05 bits per heavy atom. The van der Waals surface area contributed by atoms with E-state index in [1.54, 1.807) is 6.07 Å². The molecule has 21 heavy (non-hydrogen) atoms. The Morgan fingerprint density at radius 3 is 2.86 bits per heavy atom. The average Bonchev–Trinajstić information content (AvgIpc) is 2.92. The highest BCUT2D eigenvalue weighted by Crippen LogP contribution is 2.30. The molecule has 1 heterocycles. The van der Waals surface area contributed by atoms with E-state index < -0.39 is 0 Å². The van der Waals surface area contributed by atoms with Gasteiger partial charge in [-0.05, 0) is 36.8 Å². The van der Waals surface area contributed by atoms with Crippen molar-refractivity contribution in [1.29, 1.82) is 0 Å². The molecule has 4 heteroatoms. The van der Waals surface area contributed by atoms with E-state index in [1.807, 2.05) is 24.3 Å². The van der Waals surface area contributed by atoms with Gasteiger partial charge in [0.25, 0.3) is 0 Å². The van der Waals surface area contributed by atoms with Gasteiger partial charge in [-0.2, -0.15) is 0 Å². The Hall–Kier alpha value is -2.36. The molecule has 0 radical (unpaired) electrons. The molecule has 0 atom stereocenters. The lowest BCUT2D eigenvalue weighted by atomic mass is 10.2. The van der Waals surface area contributed by atoms with E-state index in [-0.39, 0.29) is 5.82 Å². The fourth-order valence-corrected chi connectivity index (χ4v) is 2.22. The molecule has 2 aromatic carbocycles. The molecular weight excluding hydrogens is 267 g/mol. The molecule has 0 aliphatic heterocycles. The maximum Gasteiger partial charge on any atom is 0.142 e. The molecule has 1 aromatic heterocycles. The lowest BCUT2D eigenvalue weighted by Gasteiger charge is -2.09. The van der Waals surface area contributed by atoms with Crippen LogP contribution in [-0.2, 0) is 0 Å². The quantitative estimate of drug-likeness (QED) is 0.698. The van der Waals surface area contributed by atoms with Crippen LogP contribution in [0, 0.1) is 5.82 Å². The van der Waals surface area contributed by atoms with Crippen molar-refractivity contribution in [3.8, 4) is 17.1 Å². The first-order chi connectivity index (χ1) is 10.3. The number of nitrogens with one attached hydrogen (secondary N) is 1. The van der Waals surface area contributed by atoms with Crippen LogP contribution in [0.3, 0.4) is 0 Å². The molecular formula is C17H17FN2O. The number of imidazole rings is 1.